The quantitative estimate of drug-likeness (QED) is 0.390. The third-order valence-corrected chi connectivity index (χ3v) is 9.04. The molecule has 0 spiro atoms. The lowest BCUT2D eigenvalue weighted by atomic mass is 10.1. The van der Waals surface area contributed by atoms with Crippen LogP contribution in [0.25, 0.3) is 10.2 Å². The lowest BCUT2D eigenvalue weighted by Gasteiger charge is -2.26. The monoisotopic (exact) mass is 519 g/mol. The van der Waals surface area contributed by atoms with Crippen molar-refractivity contribution >= 4 is 31.6 Å². The van der Waals surface area contributed by atoms with E-state index in [-0.39, 0.29) is 25.1 Å². The Labute approximate surface area is 203 Å². The van der Waals surface area contributed by atoms with Crippen molar-refractivity contribution in [3.63, 3.8) is 0 Å². The molecule has 1 aliphatic rings. The van der Waals surface area contributed by atoms with E-state index in [0.717, 1.165) is 33.6 Å². The Morgan fingerprint density at radius 3 is 2.57 bits per heavy atom. The Hall–Kier alpha value is -3.02. The maximum Gasteiger partial charge on any atom is 0.416 e. The number of halogens is 3. The molecule has 35 heavy (non-hydrogen) atoms. The Kier molecular flexibility index (Phi) is 6.02. The molecule has 11 heteroatoms. The smallest absolute Gasteiger partial charge is 0.298 e. The van der Waals surface area contributed by atoms with Crippen molar-refractivity contribution in [2.24, 2.45) is 0 Å². The molecule has 5 rings (SSSR count). The number of hydrogen-bond donors (Lipinski definition) is 0. The van der Waals surface area contributed by atoms with Crippen LogP contribution in [0.15, 0.2) is 70.6 Å². The Morgan fingerprint density at radius 1 is 1.06 bits per heavy atom. The van der Waals surface area contributed by atoms with Crippen molar-refractivity contribution in [3.05, 3.63) is 92.8 Å². The van der Waals surface area contributed by atoms with E-state index >= 15 is 0 Å². The molecule has 0 bridgehead atoms. The van der Waals surface area contributed by atoms with E-state index in [9.17, 15) is 26.4 Å². The van der Waals surface area contributed by atoms with Gasteiger partial charge in [-0.25, -0.2) is 13.4 Å². The van der Waals surface area contributed by atoms with Crippen molar-refractivity contribution in [2.75, 3.05) is 6.54 Å². The number of nitrogens with zero attached hydrogens (tertiary/aromatic N) is 3. The Morgan fingerprint density at radius 2 is 1.83 bits per heavy atom. The van der Waals surface area contributed by atoms with Crippen LogP contribution in [-0.4, -0.2) is 28.8 Å². The lowest BCUT2D eigenvalue weighted by Crippen LogP contribution is -2.35. The van der Waals surface area contributed by atoms with Gasteiger partial charge in [0.2, 0.25) is 10.0 Å². The second-order valence-electron chi connectivity index (χ2n) is 8.28. The number of sulfonamides is 1. The summed E-state index contributed by atoms with van der Waals surface area (Å²) in [4.78, 5) is 18.5. The molecule has 182 valence electrons. The fourth-order valence-electron chi connectivity index (χ4n) is 4.24. The highest BCUT2D eigenvalue weighted by atomic mass is 32.2. The summed E-state index contributed by atoms with van der Waals surface area (Å²) in [5.41, 5.74) is 0.686. The minimum Gasteiger partial charge on any atom is -0.298 e. The Bertz CT molecular complexity index is 1560. The summed E-state index contributed by atoms with van der Waals surface area (Å²) < 4.78 is 68.2. The molecule has 0 aliphatic carbocycles. The highest BCUT2D eigenvalue weighted by Gasteiger charge is 2.35. The van der Waals surface area contributed by atoms with E-state index < -0.39 is 26.7 Å². The first-order chi connectivity index (χ1) is 16.6. The summed E-state index contributed by atoms with van der Waals surface area (Å²) in [6, 6.07) is 13.5. The van der Waals surface area contributed by atoms with Crippen molar-refractivity contribution < 1.29 is 21.6 Å². The molecule has 0 unspecified atom stereocenters. The molecule has 0 N–H and O–H groups in total. The van der Waals surface area contributed by atoms with E-state index in [0.29, 0.717) is 34.1 Å². The van der Waals surface area contributed by atoms with Gasteiger partial charge < -0.3 is 0 Å². The van der Waals surface area contributed by atoms with Crippen LogP contribution in [0, 0.1) is 0 Å². The minimum atomic E-state index is -4.64. The molecular formula is C24H20F3N3O3S2. The Balaban J connectivity index is 1.43. The molecule has 1 aliphatic heterocycles. The van der Waals surface area contributed by atoms with Crippen LogP contribution in [0.5, 0.6) is 0 Å². The van der Waals surface area contributed by atoms with Gasteiger partial charge in [0.05, 0.1) is 22.2 Å². The highest BCUT2D eigenvalue weighted by Crippen LogP contribution is 2.35. The number of aryl methyl sites for hydroxylation is 2. The largest absolute Gasteiger partial charge is 0.416 e. The van der Waals surface area contributed by atoms with Crippen molar-refractivity contribution in [2.45, 2.75) is 37.0 Å². The molecule has 0 radical (unpaired) electrons. The summed E-state index contributed by atoms with van der Waals surface area (Å²) in [6.07, 6.45) is -2.18. The molecule has 2 aromatic carbocycles. The molecule has 3 heterocycles. The molecule has 0 atom stereocenters. The number of alkyl halides is 3. The van der Waals surface area contributed by atoms with Crippen LogP contribution in [0.1, 0.15) is 21.6 Å². The van der Waals surface area contributed by atoms with Crippen molar-refractivity contribution in [1.82, 2.24) is 13.9 Å². The number of aromatic nitrogens is 2. The summed E-state index contributed by atoms with van der Waals surface area (Å²) in [7, 11) is -4.15. The predicted octanol–water partition coefficient (Wildman–Crippen LogP) is 4.47. The van der Waals surface area contributed by atoms with Crippen LogP contribution in [0.4, 0.5) is 13.2 Å². The molecular weight excluding hydrogens is 499 g/mol. The zero-order valence-electron chi connectivity index (χ0n) is 18.3. The lowest BCUT2D eigenvalue weighted by molar-refractivity contribution is -0.137. The zero-order valence-corrected chi connectivity index (χ0v) is 20.0. The number of thiophene rings is 1. The van der Waals surface area contributed by atoms with Crippen LogP contribution in [-0.2, 0) is 42.1 Å². The zero-order chi connectivity index (χ0) is 24.8. The predicted molar refractivity (Wildman–Crippen MR) is 127 cm³/mol. The SMILES string of the molecule is O=c1c2c3c(sc2ncn1CCc1ccccc1)CN(S(=O)(=O)c1cccc(C(F)(F)F)c1)CC3. The van der Waals surface area contributed by atoms with Gasteiger partial charge >= 0.3 is 6.18 Å². The van der Waals surface area contributed by atoms with Crippen LogP contribution < -0.4 is 5.56 Å². The van der Waals surface area contributed by atoms with Gasteiger partial charge in [-0.3, -0.25) is 9.36 Å². The summed E-state index contributed by atoms with van der Waals surface area (Å²) in [5, 5.41) is 0.497. The molecule has 0 saturated carbocycles. The number of rotatable bonds is 5. The van der Waals surface area contributed by atoms with Gasteiger partial charge in [0.15, 0.2) is 0 Å². The van der Waals surface area contributed by atoms with E-state index in [1.807, 2.05) is 30.3 Å². The first-order valence-electron chi connectivity index (χ1n) is 10.9. The molecule has 4 aromatic rings. The first-order valence-corrected chi connectivity index (χ1v) is 13.1. The van der Waals surface area contributed by atoms with Crippen molar-refractivity contribution in [1.29, 1.82) is 0 Å². The van der Waals surface area contributed by atoms with Gasteiger partial charge in [-0.05, 0) is 42.2 Å². The fourth-order valence-corrected chi connectivity index (χ4v) is 6.97. The summed E-state index contributed by atoms with van der Waals surface area (Å²) in [6.45, 7) is 0.514. The number of hydrogen-bond acceptors (Lipinski definition) is 5. The van der Waals surface area contributed by atoms with E-state index in [2.05, 4.69) is 4.98 Å². The summed E-state index contributed by atoms with van der Waals surface area (Å²) >= 11 is 1.25. The van der Waals surface area contributed by atoms with Crippen LogP contribution >= 0.6 is 11.3 Å². The number of fused-ring (bicyclic) bond motifs is 3. The topological polar surface area (TPSA) is 72.3 Å². The van der Waals surface area contributed by atoms with E-state index in [4.69, 9.17) is 0 Å². The summed E-state index contributed by atoms with van der Waals surface area (Å²) in [5.74, 6) is 0. The molecule has 6 nitrogen and oxygen atoms in total. The first kappa shape index (κ1) is 23.7. The average molecular weight is 520 g/mol. The third kappa shape index (κ3) is 4.51. The molecule has 0 saturated heterocycles. The second-order valence-corrected chi connectivity index (χ2v) is 11.3. The van der Waals surface area contributed by atoms with Gasteiger partial charge in [-0.15, -0.1) is 11.3 Å². The van der Waals surface area contributed by atoms with Gasteiger partial charge in [0.25, 0.3) is 5.56 Å². The van der Waals surface area contributed by atoms with Crippen LogP contribution in [0.2, 0.25) is 0 Å². The average Bonchev–Trinajstić information content (AvgIpc) is 3.22. The van der Waals surface area contributed by atoms with Crippen LogP contribution in [0.3, 0.4) is 0 Å². The van der Waals surface area contributed by atoms with Gasteiger partial charge in [-0.1, -0.05) is 36.4 Å². The number of benzene rings is 2. The third-order valence-electron chi connectivity index (χ3n) is 6.08. The van der Waals surface area contributed by atoms with E-state index in [1.165, 1.54) is 17.7 Å². The second kappa shape index (κ2) is 8.89. The molecule has 2 aromatic heterocycles. The normalized spacial score (nSPS) is 14.8. The van der Waals surface area contributed by atoms with E-state index in [1.54, 1.807) is 4.57 Å². The maximum absolute atomic E-state index is 13.2. The van der Waals surface area contributed by atoms with Gasteiger partial charge in [-0.2, -0.15) is 17.5 Å². The van der Waals surface area contributed by atoms with Gasteiger partial charge in [0.1, 0.15) is 4.83 Å². The molecule has 0 amide bonds. The minimum absolute atomic E-state index is 0.0155. The maximum atomic E-state index is 13.2. The standard InChI is InChI=1S/C24H20F3N3O3S2/c25-24(26,27)17-7-4-8-18(13-17)35(32,33)30-12-10-19-20(14-30)34-22-21(19)23(31)29(15-28-22)11-9-16-5-2-1-3-6-16/h1-8,13,15H,9-12,14H2. The van der Waals surface area contributed by atoms with Gasteiger partial charge in [0, 0.05) is 24.5 Å². The fraction of sp³-hybridized carbons (Fsp3) is 0.250. The van der Waals surface area contributed by atoms with Crippen molar-refractivity contribution in [3.8, 4) is 0 Å². The molecule has 0 fully saturated rings. The highest BCUT2D eigenvalue weighted by molar-refractivity contribution is 7.89.